The van der Waals surface area contributed by atoms with Crippen molar-refractivity contribution in [3.63, 3.8) is 0 Å². The Kier molecular flexibility index (Phi) is 5.93. The summed E-state index contributed by atoms with van der Waals surface area (Å²) in [6.07, 6.45) is 2.15. The Morgan fingerprint density at radius 2 is 2.18 bits per heavy atom. The van der Waals surface area contributed by atoms with Crippen LogP contribution in [0, 0.1) is 6.92 Å². The molecule has 0 bridgehead atoms. The molecule has 0 aliphatic heterocycles. The smallest absolute Gasteiger partial charge is 0.0360 e. The van der Waals surface area contributed by atoms with Gasteiger partial charge < -0.3 is 5.32 Å². The second kappa shape index (κ2) is 6.97. The third-order valence-electron chi connectivity index (χ3n) is 2.88. The van der Waals surface area contributed by atoms with Crippen LogP contribution in [-0.4, -0.2) is 6.54 Å². The van der Waals surface area contributed by atoms with Crippen LogP contribution in [0.1, 0.15) is 43.9 Å². The first kappa shape index (κ1) is 14.5. The summed E-state index contributed by atoms with van der Waals surface area (Å²) in [6.45, 7) is 11.5. The first-order valence-electron chi connectivity index (χ1n) is 6.19. The Bertz CT molecular complexity index is 385. The van der Waals surface area contributed by atoms with Crippen LogP contribution in [0.4, 0.5) is 0 Å². The average Bonchev–Trinajstić information content (AvgIpc) is 2.28. The molecule has 0 fully saturated rings. The Labute approximate surface area is 113 Å². The lowest BCUT2D eigenvalue weighted by Crippen LogP contribution is -2.23. The highest BCUT2D eigenvalue weighted by atomic mass is 79.9. The first-order chi connectivity index (χ1) is 8.06. The molecule has 1 atom stereocenters. The number of halogens is 1. The van der Waals surface area contributed by atoms with Gasteiger partial charge in [0.1, 0.15) is 0 Å². The van der Waals surface area contributed by atoms with Crippen LogP contribution >= 0.6 is 15.9 Å². The maximum Gasteiger partial charge on any atom is 0.0360 e. The van der Waals surface area contributed by atoms with Crippen LogP contribution in [0.15, 0.2) is 34.8 Å². The Balaban J connectivity index is 2.94. The van der Waals surface area contributed by atoms with Gasteiger partial charge in [0.2, 0.25) is 0 Å². The lowest BCUT2D eigenvalue weighted by Gasteiger charge is -2.21. The molecule has 1 N–H and O–H groups in total. The zero-order chi connectivity index (χ0) is 12.8. The van der Waals surface area contributed by atoms with Crippen molar-refractivity contribution in [2.75, 3.05) is 6.54 Å². The van der Waals surface area contributed by atoms with Gasteiger partial charge in [-0.25, -0.2) is 0 Å². The van der Waals surface area contributed by atoms with Gasteiger partial charge in [-0.15, -0.1) is 6.58 Å². The molecule has 1 aromatic rings. The number of benzene rings is 1. The molecule has 0 aromatic heterocycles. The molecular weight excluding hydrogens is 274 g/mol. The normalized spacial score (nSPS) is 12.5. The van der Waals surface area contributed by atoms with Gasteiger partial charge in [0.05, 0.1) is 0 Å². The monoisotopic (exact) mass is 295 g/mol. The molecule has 0 heterocycles. The quantitative estimate of drug-likeness (QED) is 0.746. The molecule has 0 saturated heterocycles. The minimum Gasteiger partial charge on any atom is -0.310 e. The summed E-state index contributed by atoms with van der Waals surface area (Å²) in [6, 6.07) is 6.78. The third kappa shape index (κ3) is 4.29. The zero-order valence-corrected chi connectivity index (χ0v) is 12.6. The van der Waals surface area contributed by atoms with E-state index in [4.69, 9.17) is 0 Å². The minimum absolute atomic E-state index is 0.380. The summed E-state index contributed by atoms with van der Waals surface area (Å²) in [4.78, 5) is 0. The number of hydrogen-bond donors (Lipinski definition) is 1. The predicted molar refractivity (Wildman–Crippen MR) is 79.3 cm³/mol. The Hall–Kier alpha value is -0.600. The number of nitrogens with one attached hydrogen (secondary N) is 1. The largest absolute Gasteiger partial charge is 0.310 e. The van der Waals surface area contributed by atoms with E-state index in [0.717, 1.165) is 19.4 Å². The topological polar surface area (TPSA) is 12.0 Å². The van der Waals surface area contributed by atoms with Gasteiger partial charge in [0.15, 0.2) is 0 Å². The lowest BCUT2D eigenvalue weighted by atomic mass is 9.96. The molecule has 94 valence electrons. The number of rotatable bonds is 6. The maximum atomic E-state index is 4.03. The fourth-order valence-corrected chi connectivity index (χ4v) is 2.34. The SMILES string of the molecule is C=C(C)CC(NCCC)c1cccc(Br)c1C. The summed E-state index contributed by atoms with van der Waals surface area (Å²) in [5.74, 6) is 0. The van der Waals surface area contributed by atoms with Crippen LogP contribution in [0.5, 0.6) is 0 Å². The van der Waals surface area contributed by atoms with Gasteiger partial charge in [-0.05, 0) is 50.4 Å². The van der Waals surface area contributed by atoms with Crippen LogP contribution in [0.3, 0.4) is 0 Å². The highest BCUT2D eigenvalue weighted by Gasteiger charge is 2.14. The molecule has 0 aliphatic carbocycles. The highest BCUT2D eigenvalue weighted by Crippen LogP contribution is 2.28. The van der Waals surface area contributed by atoms with Crippen molar-refractivity contribution in [1.29, 1.82) is 0 Å². The van der Waals surface area contributed by atoms with Crippen molar-refractivity contribution >= 4 is 15.9 Å². The van der Waals surface area contributed by atoms with Gasteiger partial charge in [-0.2, -0.15) is 0 Å². The maximum absolute atomic E-state index is 4.03. The van der Waals surface area contributed by atoms with Crippen LogP contribution in [-0.2, 0) is 0 Å². The van der Waals surface area contributed by atoms with E-state index in [1.165, 1.54) is 21.2 Å². The van der Waals surface area contributed by atoms with E-state index in [1.54, 1.807) is 0 Å². The summed E-state index contributed by atoms with van der Waals surface area (Å²) >= 11 is 3.60. The molecule has 0 amide bonds. The second-order valence-corrected chi connectivity index (χ2v) is 5.48. The van der Waals surface area contributed by atoms with Gasteiger partial charge in [0, 0.05) is 10.5 Å². The van der Waals surface area contributed by atoms with E-state index in [0.29, 0.717) is 6.04 Å². The Morgan fingerprint density at radius 1 is 1.47 bits per heavy atom. The molecule has 17 heavy (non-hydrogen) atoms. The van der Waals surface area contributed by atoms with Crippen LogP contribution in [0.2, 0.25) is 0 Å². The molecule has 2 heteroatoms. The van der Waals surface area contributed by atoms with Crippen LogP contribution in [0.25, 0.3) is 0 Å². The van der Waals surface area contributed by atoms with Crippen molar-refractivity contribution in [2.45, 2.75) is 39.7 Å². The Morgan fingerprint density at radius 3 is 2.76 bits per heavy atom. The van der Waals surface area contributed by atoms with E-state index in [1.807, 2.05) is 0 Å². The van der Waals surface area contributed by atoms with E-state index < -0.39 is 0 Å². The summed E-state index contributed by atoms with van der Waals surface area (Å²) in [5.41, 5.74) is 3.91. The molecular formula is C15H22BrN. The fourth-order valence-electron chi connectivity index (χ4n) is 1.96. The van der Waals surface area contributed by atoms with Gasteiger partial charge in [0.25, 0.3) is 0 Å². The van der Waals surface area contributed by atoms with E-state index >= 15 is 0 Å². The zero-order valence-electron chi connectivity index (χ0n) is 11.0. The number of hydrogen-bond acceptors (Lipinski definition) is 1. The van der Waals surface area contributed by atoms with E-state index in [-0.39, 0.29) is 0 Å². The van der Waals surface area contributed by atoms with E-state index in [2.05, 4.69) is 66.8 Å². The fraction of sp³-hybridized carbons (Fsp3) is 0.467. The van der Waals surface area contributed by atoms with Crippen molar-refractivity contribution in [2.24, 2.45) is 0 Å². The van der Waals surface area contributed by atoms with Gasteiger partial charge in [-0.3, -0.25) is 0 Å². The third-order valence-corrected chi connectivity index (χ3v) is 3.74. The van der Waals surface area contributed by atoms with Crippen LogP contribution < -0.4 is 5.32 Å². The minimum atomic E-state index is 0.380. The summed E-state index contributed by atoms with van der Waals surface area (Å²) in [5, 5.41) is 3.60. The highest BCUT2D eigenvalue weighted by molar-refractivity contribution is 9.10. The molecule has 1 nitrogen and oxygen atoms in total. The predicted octanol–water partition coefficient (Wildman–Crippen LogP) is 4.76. The summed E-state index contributed by atoms with van der Waals surface area (Å²) < 4.78 is 1.18. The van der Waals surface area contributed by atoms with Gasteiger partial charge >= 0.3 is 0 Å². The van der Waals surface area contributed by atoms with Gasteiger partial charge in [-0.1, -0.05) is 40.6 Å². The molecule has 1 unspecified atom stereocenters. The average molecular weight is 296 g/mol. The van der Waals surface area contributed by atoms with Crippen molar-refractivity contribution in [3.05, 3.63) is 46.0 Å². The van der Waals surface area contributed by atoms with Crippen molar-refractivity contribution < 1.29 is 0 Å². The molecule has 0 radical (unpaired) electrons. The van der Waals surface area contributed by atoms with Crippen molar-refractivity contribution in [3.8, 4) is 0 Å². The molecule has 0 spiro atoms. The molecule has 0 saturated carbocycles. The molecule has 1 rings (SSSR count). The first-order valence-corrected chi connectivity index (χ1v) is 6.98. The van der Waals surface area contributed by atoms with E-state index in [9.17, 15) is 0 Å². The molecule has 0 aliphatic rings. The lowest BCUT2D eigenvalue weighted by molar-refractivity contribution is 0.525. The standard InChI is InChI=1S/C15H22BrN/c1-5-9-17-15(10-11(2)3)13-7-6-8-14(16)12(13)4/h6-8,15,17H,2,5,9-10H2,1,3-4H3. The van der Waals surface area contributed by atoms with Crippen molar-refractivity contribution in [1.82, 2.24) is 5.32 Å². The second-order valence-electron chi connectivity index (χ2n) is 4.62. The molecule has 1 aromatic carbocycles. The summed E-state index contributed by atoms with van der Waals surface area (Å²) in [7, 11) is 0.